The third-order valence-corrected chi connectivity index (χ3v) is 5.71. The summed E-state index contributed by atoms with van der Waals surface area (Å²) in [4.78, 5) is 40.5. The van der Waals surface area contributed by atoms with E-state index in [1.165, 1.54) is 0 Å². The van der Waals surface area contributed by atoms with Gasteiger partial charge in [0.1, 0.15) is 12.4 Å². The Hall–Kier alpha value is -2.22. The summed E-state index contributed by atoms with van der Waals surface area (Å²) in [7, 11) is 0. The summed E-state index contributed by atoms with van der Waals surface area (Å²) < 4.78 is 0. The van der Waals surface area contributed by atoms with E-state index in [-0.39, 0.29) is 36.3 Å². The van der Waals surface area contributed by atoms with E-state index in [0.29, 0.717) is 6.54 Å². The first-order valence-electron chi connectivity index (χ1n) is 9.98. The lowest BCUT2D eigenvalue weighted by atomic mass is 9.96. The molecule has 0 radical (unpaired) electrons. The van der Waals surface area contributed by atoms with Crippen LogP contribution in [0.25, 0.3) is 0 Å². The van der Waals surface area contributed by atoms with Crippen LogP contribution in [0.2, 0.25) is 0 Å². The minimum atomic E-state index is -0.441. The van der Waals surface area contributed by atoms with Gasteiger partial charge in [0.2, 0.25) is 11.7 Å². The molecule has 2 fully saturated rings. The van der Waals surface area contributed by atoms with Gasteiger partial charge in [0.25, 0.3) is 5.91 Å². The number of aryl methyl sites for hydroxylation is 1. The number of hydrogen-bond acceptors (Lipinski definition) is 6. The molecule has 0 aliphatic carbocycles. The summed E-state index contributed by atoms with van der Waals surface area (Å²) in [6.07, 6.45) is 0.908. The summed E-state index contributed by atoms with van der Waals surface area (Å²) in [5, 5.41) is 0. The van der Waals surface area contributed by atoms with Crippen molar-refractivity contribution in [3.05, 3.63) is 17.1 Å². The van der Waals surface area contributed by atoms with E-state index < -0.39 is 5.54 Å². The normalized spacial score (nSPS) is 22.4. The molecule has 3 rings (SSSR count). The number of rotatable bonds is 3. The van der Waals surface area contributed by atoms with Crippen LogP contribution in [0.5, 0.6) is 0 Å². The number of anilines is 1. The predicted molar refractivity (Wildman–Crippen MR) is 108 cm³/mol. The Morgan fingerprint density at radius 2 is 1.93 bits per heavy atom. The lowest BCUT2D eigenvalue weighted by Crippen LogP contribution is -2.65. The second kappa shape index (κ2) is 7.31. The first-order valence-corrected chi connectivity index (χ1v) is 9.98. The summed E-state index contributed by atoms with van der Waals surface area (Å²) in [5.74, 6) is 0.585. The molecule has 0 aromatic carbocycles. The van der Waals surface area contributed by atoms with Gasteiger partial charge >= 0.3 is 0 Å². The quantitative estimate of drug-likeness (QED) is 0.833. The van der Waals surface area contributed by atoms with Crippen LogP contribution in [0.4, 0.5) is 5.82 Å². The van der Waals surface area contributed by atoms with Gasteiger partial charge in [0, 0.05) is 43.0 Å². The minimum Gasteiger partial charge on any atom is -0.355 e. The molecule has 2 N–H and O–H groups in total. The molecule has 2 saturated heterocycles. The second-order valence-corrected chi connectivity index (χ2v) is 8.91. The molecule has 1 aromatic heterocycles. The Kier molecular flexibility index (Phi) is 5.36. The summed E-state index contributed by atoms with van der Waals surface area (Å²) in [6.45, 7) is 13.9. The molecule has 1 atom stereocenters. The molecule has 2 amide bonds. The van der Waals surface area contributed by atoms with Crippen LogP contribution in [0.1, 0.15) is 56.0 Å². The monoisotopic (exact) mass is 388 g/mol. The molecule has 0 bridgehead atoms. The van der Waals surface area contributed by atoms with E-state index in [9.17, 15) is 9.59 Å². The number of carbonyl (C=O) groups excluding carboxylic acids is 2. The first-order chi connectivity index (χ1) is 13.0. The van der Waals surface area contributed by atoms with Crippen molar-refractivity contribution in [2.45, 2.75) is 65.6 Å². The van der Waals surface area contributed by atoms with E-state index in [1.54, 1.807) is 4.90 Å². The standard InChI is InChI=1S/C20H32N6O2/c1-12(2)26-16(27)10-25(11-20(26,5)6)19(28)17-22-14(4)13(3)18(23-17)24-8-7-15(21)9-24/h12,15H,7-11,21H2,1-6H3/t15-/m1/s1. The Bertz CT molecular complexity index is 791. The minimum absolute atomic E-state index is 0.0471. The van der Waals surface area contributed by atoms with Crippen molar-refractivity contribution in [2.75, 3.05) is 31.1 Å². The zero-order chi connectivity index (χ0) is 20.8. The SMILES string of the molecule is Cc1nc(C(=O)N2CC(=O)N(C(C)C)C(C)(C)C2)nc(N2CC[C@@H](N)C2)c1C. The van der Waals surface area contributed by atoms with E-state index in [2.05, 4.69) is 14.9 Å². The molecule has 2 aliphatic heterocycles. The summed E-state index contributed by atoms with van der Waals surface area (Å²) in [6, 6.07) is 0.208. The number of nitrogens with two attached hydrogens (primary N) is 1. The molecule has 0 unspecified atom stereocenters. The van der Waals surface area contributed by atoms with Gasteiger partial charge < -0.3 is 20.4 Å². The highest BCUT2D eigenvalue weighted by Crippen LogP contribution is 2.27. The van der Waals surface area contributed by atoms with Crippen LogP contribution in [0.15, 0.2) is 0 Å². The molecule has 0 saturated carbocycles. The van der Waals surface area contributed by atoms with Crippen molar-refractivity contribution >= 4 is 17.6 Å². The number of hydrogen-bond donors (Lipinski definition) is 1. The molecule has 3 heterocycles. The molecule has 8 heteroatoms. The summed E-state index contributed by atoms with van der Waals surface area (Å²) in [5.41, 5.74) is 7.35. The molecule has 154 valence electrons. The van der Waals surface area contributed by atoms with Crippen LogP contribution >= 0.6 is 0 Å². The molecule has 1 aromatic rings. The molecule has 8 nitrogen and oxygen atoms in total. The maximum atomic E-state index is 13.2. The molecular formula is C20H32N6O2. The van der Waals surface area contributed by atoms with Crippen molar-refractivity contribution in [2.24, 2.45) is 5.73 Å². The highest BCUT2D eigenvalue weighted by Gasteiger charge is 2.42. The summed E-state index contributed by atoms with van der Waals surface area (Å²) >= 11 is 0. The second-order valence-electron chi connectivity index (χ2n) is 8.91. The van der Waals surface area contributed by atoms with Crippen molar-refractivity contribution in [3.8, 4) is 0 Å². The van der Waals surface area contributed by atoms with Gasteiger partial charge in [-0.1, -0.05) is 0 Å². The fourth-order valence-corrected chi connectivity index (χ4v) is 4.45. The lowest BCUT2D eigenvalue weighted by molar-refractivity contribution is -0.146. The fourth-order valence-electron chi connectivity index (χ4n) is 4.45. The van der Waals surface area contributed by atoms with E-state index >= 15 is 0 Å². The average molecular weight is 389 g/mol. The molecule has 0 spiro atoms. The Labute approximate surface area is 167 Å². The van der Waals surface area contributed by atoms with Crippen molar-refractivity contribution < 1.29 is 9.59 Å². The van der Waals surface area contributed by atoms with Gasteiger partial charge in [-0.25, -0.2) is 9.97 Å². The molecule has 28 heavy (non-hydrogen) atoms. The van der Waals surface area contributed by atoms with Gasteiger partial charge in [0.15, 0.2) is 0 Å². The topological polar surface area (TPSA) is 95.7 Å². The highest BCUT2D eigenvalue weighted by molar-refractivity contribution is 5.95. The van der Waals surface area contributed by atoms with Gasteiger partial charge in [-0.3, -0.25) is 9.59 Å². The Morgan fingerprint density at radius 3 is 2.46 bits per heavy atom. The van der Waals surface area contributed by atoms with Crippen molar-refractivity contribution in [3.63, 3.8) is 0 Å². The zero-order valence-electron chi connectivity index (χ0n) is 17.8. The number of carbonyl (C=O) groups is 2. The van der Waals surface area contributed by atoms with Crippen molar-refractivity contribution in [1.82, 2.24) is 19.8 Å². The van der Waals surface area contributed by atoms with Gasteiger partial charge in [-0.2, -0.15) is 0 Å². The predicted octanol–water partition coefficient (Wildman–Crippen LogP) is 1.10. The third-order valence-electron chi connectivity index (χ3n) is 5.71. The number of amides is 2. The first kappa shape index (κ1) is 20.5. The fraction of sp³-hybridized carbons (Fsp3) is 0.700. The molecular weight excluding hydrogens is 356 g/mol. The maximum absolute atomic E-state index is 13.2. The average Bonchev–Trinajstić information content (AvgIpc) is 3.00. The third kappa shape index (κ3) is 3.70. The van der Waals surface area contributed by atoms with E-state index in [0.717, 1.165) is 36.6 Å². The van der Waals surface area contributed by atoms with Crippen LogP contribution in [-0.2, 0) is 4.79 Å². The van der Waals surface area contributed by atoms with Gasteiger partial charge in [0.05, 0.1) is 5.54 Å². The Balaban J connectivity index is 1.89. The Morgan fingerprint density at radius 1 is 1.25 bits per heavy atom. The van der Waals surface area contributed by atoms with Crippen LogP contribution in [0, 0.1) is 13.8 Å². The van der Waals surface area contributed by atoms with E-state index in [1.807, 2.05) is 46.4 Å². The van der Waals surface area contributed by atoms with Crippen LogP contribution in [-0.4, -0.2) is 75.4 Å². The van der Waals surface area contributed by atoms with Crippen LogP contribution in [0.3, 0.4) is 0 Å². The number of piperazine rings is 1. The van der Waals surface area contributed by atoms with Crippen LogP contribution < -0.4 is 10.6 Å². The molecule has 2 aliphatic rings. The van der Waals surface area contributed by atoms with Gasteiger partial charge in [-0.15, -0.1) is 0 Å². The van der Waals surface area contributed by atoms with E-state index in [4.69, 9.17) is 5.73 Å². The van der Waals surface area contributed by atoms with Crippen molar-refractivity contribution in [1.29, 1.82) is 0 Å². The number of aromatic nitrogens is 2. The number of nitrogens with zero attached hydrogens (tertiary/aromatic N) is 5. The highest BCUT2D eigenvalue weighted by atomic mass is 16.2. The lowest BCUT2D eigenvalue weighted by Gasteiger charge is -2.48. The largest absolute Gasteiger partial charge is 0.355 e. The van der Waals surface area contributed by atoms with Gasteiger partial charge in [-0.05, 0) is 48.0 Å². The zero-order valence-corrected chi connectivity index (χ0v) is 17.8. The maximum Gasteiger partial charge on any atom is 0.292 e. The smallest absolute Gasteiger partial charge is 0.292 e.